The summed E-state index contributed by atoms with van der Waals surface area (Å²) in [5.41, 5.74) is 8.19. The summed E-state index contributed by atoms with van der Waals surface area (Å²) < 4.78 is 22.0. The van der Waals surface area contributed by atoms with E-state index in [4.69, 9.17) is 15.5 Å². The van der Waals surface area contributed by atoms with E-state index in [2.05, 4.69) is 51.1 Å². The second kappa shape index (κ2) is 10.9. The molecule has 0 saturated heterocycles. The van der Waals surface area contributed by atoms with Crippen molar-refractivity contribution in [1.29, 1.82) is 0 Å². The van der Waals surface area contributed by atoms with Gasteiger partial charge in [0, 0.05) is 21.7 Å². The van der Waals surface area contributed by atoms with Gasteiger partial charge in [-0.15, -0.1) is 11.3 Å². The smallest absolute Gasteiger partial charge is 0.232 e. The van der Waals surface area contributed by atoms with Gasteiger partial charge in [0.1, 0.15) is 12.4 Å². The maximum atomic E-state index is 13.8. The summed E-state index contributed by atoms with van der Waals surface area (Å²) in [6, 6.07) is 0. The fourth-order valence-corrected chi connectivity index (χ4v) is 5.00. The summed E-state index contributed by atoms with van der Waals surface area (Å²) in [6.07, 6.45) is 5.26. The summed E-state index contributed by atoms with van der Waals surface area (Å²) >= 11 is 3.00. The number of hydrogen-bond donors (Lipinski definition) is 1. The number of imidazole rings is 1. The Morgan fingerprint density at radius 1 is 1.31 bits per heavy atom. The van der Waals surface area contributed by atoms with Gasteiger partial charge < -0.3 is 15.0 Å². The number of nitrogens with two attached hydrogens (primary N) is 1. The molecule has 0 aliphatic carbocycles. The number of hydrogen-bond acceptors (Lipinski definition) is 6. The zero-order chi connectivity index (χ0) is 24.1. The van der Waals surface area contributed by atoms with Crippen molar-refractivity contribution in [3.8, 4) is 5.88 Å². The topological polar surface area (TPSA) is 66.0 Å². The average molecular weight is 481 g/mol. The minimum absolute atomic E-state index is 0.0139. The zero-order valence-electron chi connectivity index (χ0n) is 20.5. The summed E-state index contributed by atoms with van der Waals surface area (Å²) in [7, 11) is 0. The minimum atomic E-state index is -0.610. The molecule has 0 saturated carbocycles. The molecule has 5 nitrogen and oxygen atoms in total. The van der Waals surface area contributed by atoms with Crippen LogP contribution in [0.3, 0.4) is 0 Å². The van der Waals surface area contributed by atoms with Crippen LogP contribution in [-0.2, 0) is 24.0 Å². The molecule has 8 heteroatoms. The molecular formula is C24H37FN4OS2. The largest absolute Gasteiger partial charge is 0.470 e. The van der Waals surface area contributed by atoms with Crippen LogP contribution in [0.2, 0.25) is 0 Å². The Labute approximate surface area is 200 Å². The quantitative estimate of drug-likeness (QED) is 0.395. The Morgan fingerprint density at radius 3 is 2.56 bits per heavy atom. The van der Waals surface area contributed by atoms with Crippen LogP contribution in [0.4, 0.5) is 4.39 Å². The normalized spacial score (nSPS) is 14.7. The van der Waals surface area contributed by atoms with E-state index in [0.717, 1.165) is 17.9 Å². The lowest BCUT2D eigenvalue weighted by Gasteiger charge is -2.23. The number of ether oxygens (including phenoxy) is 1. The third kappa shape index (κ3) is 7.10. The molecule has 178 valence electrons. The fraction of sp³-hybridized carbons (Fsp3) is 0.583. The Hall–Kier alpha value is -1.80. The maximum absolute atomic E-state index is 13.8. The molecule has 0 aromatic carbocycles. The molecule has 1 unspecified atom stereocenters. The van der Waals surface area contributed by atoms with Crippen LogP contribution in [0.5, 0.6) is 5.88 Å². The second-order valence-electron chi connectivity index (χ2n) is 9.94. The molecule has 0 bridgehead atoms. The standard InChI is InChI=1S/C24H37FN4OS2/c1-9-12-31-20(22(25)26)16(2)10-11-18-28-19(13-29(18)24(6,7)8)30-14-17-21(23(3,4)5)32-15-27-17/h9,12-13,15-16H,10-11,14,26H2,1-8H3/b12-9-,22-20-. The van der Waals surface area contributed by atoms with Gasteiger partial charge in [0.25, 0.3) is 0 Å². The Morgan fingerprint density at radius 2 is 2.00 bits per heavy atom. The van der Waals surface area contributed by atoms with E-state index < -0.39 is 5.95 Å². The Balaban J connectivity index is 2.17. The third-order valence-electron chi connectivity index (χ3n) is 4.97. The van der Waals surface area contributed by atoms with Gasteiger partial charge in [-0.1, -0.05) is 45.5 Å². The first kappa shape index (κ1) is 26.5. The van der Waals surface area contributed by atoms with Gasteiger partial charge in [-0.25, -0.2) is 4.98 Å². The molecule has 0 radical (unpaired) electrons. The summed E-state index contributed by atoms with van der Waals surface area (Å²) in [5.74, 6) is 0.878. The van der Waals surface area contributed by atoms with Crippen molar-refractivity contribution in [2.75, 3.05) is 0 Å². The van der Waals surface area contributed by atoms with Gasteiger partial charge in [-0.2, -0.15) is 9.37 Å². The van der Waals surface area contributed by atoms with Crippen LogP contribution in [0, 0.1) is 5.92 Å². The molecule has 0 amide bonds. The van der Waals surface area contributed by atoms with Crippen LogP contribution in [0.25, 0.3) is 0 Å². The molecular weight excluding hydrogens is 443 g/mol. The Bertz CT molecular complexity index is 944. The molecule has 0 aliphatic rings. The van der Waals surface area contributed by atoms with Crippen molar-refractivity contribution in [2.24, 2.45) is 11.7 Å². The number of halogens is 1. The average Bonchev–Trinajstić information content (AvgIpc) is 3.31. The first-order valence-corrected chi connectivity index (χ1v) is 12.7. The number of nitrogens with zero attached hydrogens (tertiary/aromatic N) is 3. The number of rotatable bonds is 9. The first-order valence-electron chi connectivity index (χ1n) is 10.9. The van der Waals surface area contributed by atoms with Gasteiger partial charge in [0.2, 0.25) is 5.88 Å². The predicted molar refractivity (Wildman–Crippen MR) is 135 cm³/mol. The molecule has 2 aromatic rings. The van der Waals surface area contributed by atoms with Crippen molar-refractivity contribution < 1.29 is 9.13 Å². The van der Waals surface area contributed by atoms with Crippen LogP contribution < -0.4 is 10.5 Å². The maximum Gasteiger partial charge on any atom is 0.232 e. The molecule has 2 heterocycles. The SMILES string of the molecule is C/C=C\S/C(=C(\N)F)C(C)CCc1nc(OCc2ncsc2C(C)(C)C)cn1C(C)(C)C. The summed E-state index contributed by atoms with van der Waals surface area (Å²) in [4.78, 5) is 11.0. The molecule has 1 atom stereocenters. The van der Waals surface area contributed by atoms with E-state index in [1.807, 2.05) is 37.0 Å². The highest BCUT2D eigenvalue weighted by atomic mass is 32.2. The molecule has 32 heavy (non-hydrogen) atoms. The molecule has 2 aromatic heterocycles. The molecule has 0 aliphatic heterocycles. The summed E-state index contributed by atoms with van der Waals surface area (Å²) in [6.45, 7) is 17.2. The van der Waals surface area contributed by atoms with Crippen molar-refractivity contribution >= 4 is 23.1 Å². The summed E-state index contributed by atoms with van der Waals surface area (Å²) in [5, 5.41) is 1.85. The fourth-order valence-electron chi connectivity index (χ4n) is 3.37. The number of aryl methyl sites for hydroxylation is 1. The van der Waals surface area contributed by atoms with E-state index in [9.17, 15) is 4.39 Å². The minimum Gasteiger partial charge on any atom is -0.470 e. The van der Waals surface area contributed by atoms with Gasteiger partial charge in [-0.05, 0) is 50.9 Å². The number of thiazole rings is 1. The highest BCUT2D eigenvalue weighted by Gasteiger charge is 2.24. The lowest BCUT2D eigenvalue weighted by molar-refractivity contribution is 0.286. The molecule has 2 N–H and O–H groups in total. The van der Waals surface area contributed by atoms with Crippen molar-refractivity contribution in [3.05, 3.63) is 50.4 Å². The van der Waals surface area contributed by atoms with E-state index >= 15 is 0 Å². The highest BCUT2D eigenvalue weighted by molar-refractivity contribution is 8.05. The van der Waals surface area contributed by atoms with E-state index in [1.54, 1.807) is 11.3 Å². The monoisotopic (exact) mass is 480 g/mol. The molecule has 0 spiro atoms. The van der Waals surface area contributed by atoms with E-state index in [0.29, 0.717) is 23.8 Å². The van der Waals surface area contributed by atoms with Gasteiger partial charge in [0.05, 0.1) is 17.4 Å². The van der Waals surface area contributed by atoms with Crippen LogP contribution in [0.1, 0.15) is 78.2 Å². The third-order valence-corrected chi connectivity index (χ3v) is 7.53. The predicted octanol–water partition coefficient (Wildman–Crippen LogP) is 6.90. The highest BCUT2D eigenvalue weighted by Crippen LogP contribution is 2.32. The second-order valence-corrected chi connectivity index (χ2v) is 11.7. The zero-order valence-corrected chi connectivity index (χ0v) is 22.2. The molecule has 2 rings (SSSR count). The van der Waals surface area contributed by atoms with Crippen LogP contribution in [-0.4, -0.2) is 14.5 Å². The number of thioether (sulfide) groups is 1. The van der Waals surface area contributed by atoms with Gasteiger partial charge in [-0.3, -0.25) is 0 Å². The van der Waals surface area contributed by atoms with E-state index in [-0.39, 0.29) is 16.9 Å². The number of aromatic nitrogens is 3. The first-order chi connectivity index (χ1) is 14.8. The van der Waals surface area contributed by atoms with Crippen molar-refractivity contribution in [3.63, 3.8) is 0 Å². The molecule has 0 fully saturated rings. The lowest BCUT2D eigenvalue weighted by Crippen LogP contribution is -2.23. The van der Waals surface area contributed by atoms with Crippen molar-refractivity contribution in [2.45, 2.75) is 85.8 Å². The van der Waals surface area contributed by atoms with Crippen LogP contribution >= 0.6 is 23.1 Å². The van der Waals surface area contributed by atoms with Crippen LogP contribution in [0.15, 0.2) is 34.0 Å². The van der Waals surface area contributed by atoms with Gasteiger partial charge in [0.15, 0.2) is 5.95 Å². The van der Waals surface area contributed by atoms with Gasteiger partial charge >= 0.3 is 0 Å². The lowest BCUT2D eigenvalue weighted by atomic mass is 9.93. The Kier molecular flexibility index (Phi) is 8.99. The van der Waals surface area contributed by atoms with Crippen molar-refractivity contribution in [1.82, 2.24) is 14.5 Å². The van der Waals surface area contributed by atoms with E-state index in [1.165, 1.54) is 16.6 Å². The number of allylic oxidation sites excluding steroid dienone is 2.